The zero-order chi connectivity index (χ0) is 14.8. The molecule has 1 saturated heterocycles. The average molecular weight is 288 g/mol. The molecule has 1 amide bonds. The van der Waals surface area contributed by atoms with Gasteiger partial charge in [-0.2, -0.15) is 0 Å². The molecule has 1 aromatic rings. The number of piperidine rings is 1. The summed E-state index contributed by atoms with van der Waals surface area (Å²) in [7, 11) is 0. The predicted molar refractivity (Wildman–Crippen MR) is 78.7 cm³/mol. The lowest BCUT2D eigenvalue weighted by atomic mass is 9.92. The molecule has 0 radical (unpaired) electrons. The number of rotatable bonds is 1. The molecule has 0 aromatic heterocycles. The Hall–Kier alpha value is -2.04. The summed E-state index contributed by atoms with van der Waals surface area (Å²) in [6, 6.07) is 7.89. The Bertz CT molecular complexity index is 570. The number of amides is 1. The van der Waals surface area contributed by atoms with E-state index >= 15 is 0 Å². The van der Waals surface area contributed by atoms with E-state index in [0.717, 1.165) is 23.4 Å². The molecule has 0 bridgehead atoms. The van der Waals surface area contributed by atoms with Crippen molar-refractivity contribution in [1.29, 1.82) is 0 Å². The number of benzene rings is 1. The number of carbonyl (C=O) groups is 1. The van der Waals surface area contributed by atoms with Crippen molar-refractivity contribution in [3.05, 3.63) is 29.8 Å². The van der Waals surface area contributed by atoms with Crippen LogP contribution < -0.4 is 4.74 Å². The van der Waals surface area contributed by atoms with E-state index in [-0.39, 0.29) is 17.7 Å². The van der Waals surface area contributed by atoms with E-state index in [1.54, 1.807) is 0 Å². The normalized spacial score (nSPS) is 27.1. The van der Waals surface area contributed by atoms with E-state index in [1.807, 2.05) is 36.1 Å². The molecule has 21 heavy (non-hydrogen) atoms. The van der Waals surface area contributed by atoms with E-state index in [4.69, 9.17) is 9.94 Å². The van der Waals surface area contributed by atoms with Crippen LogP contribution in [0.25, 0.3) is 0 Å². The third-order valence-electron chi connectivity index (χ3n) is 4.37. The number of likely N-dealkylation sites (tertiary alicyclic amines) is 1. The van der Waals surface area contributed by atoms with Crippen LogP contribution in [0.2, 0.25) is 0 Å². The molecule has 3 rings (SSSR count). The van der Waals surface area contributed by atoms with Gasteiger partial charge >= 0.3 is 0 Å². The van der Waals surface area contributed by atoms with E-state index in [1.165, 1.54) is 0 Å². The Balaban J connectivity index is 1.67. The summed E-state index contributed by atoms with van der Waals surface area (Å²) in [5.74, 6) is 1.04. The zero-order valence-corrected chi connectivity index (χ0v) is 12.2. The largest absolute Gasteiger partial charge is 0.492 e. The molecule has 5 heteroatoms. The maximum atomic E-state index is 12.6. The number of nitrogens with zero attached hydrogens (tertiary/aromatic N) is 2. The van der Waals surface area contributed by atoms with Gasteiger partial charge in [-0.25, -0.2) is 0 Å². The SMILES string of the molecule is CC1CN(C(=O)C2COc3ccccc3C2)CC/C1=N\O. The fourth-order valence-electron chi connectivity index (χ4n) is 3.12. The predicted octanol–water partition coefficient (Wildman–Crippen LogP) is 1.94. The Kier molecular flexibility index (Phi) is 3.82. The minimum Gasteiger partial charge on any atom is -0.492 e. The number of para-hydroxylation sites is 1. The van der Waals surface area contributed by atoms with Gasteiger partial charge in [0.15, 0.2) is 0 Å². The summed E-state index contributed by atoms with van der Waals surface area (Å²) < 4.78 is 5.71. The number of ether oxygens (including phenoxy) is 1. The van der Waals surface area contributed by atoms with Crippen LogP contribution in [0.5, 0.6) is 5.75 Å². The monoisotopic (exact) mass is 288 g/mol. The topological polar surface area (TPSA) is 62.1 Å². The van der Waals surface area contributed by atoms with Crippen LogP contribution in [0, 0.1) is 11.8 Å². The van der Waals surface area contributed by atoms with Gasteiger partial charge in [0.05, 0.1) is 11.6 Å². The van der Waals surface area contributed by atoms with Gasteiger partial charge in [0.2, 0.25) is 5.91 Å². The first kappa shape index (κ1) is 13.9. The first-order valence-electron chi connectivity index (χ1n) is 7.39. The number of hydrogen-bond acceptors (Lipinski definition) is 4. The molecule has 0 aliphatic carbocycles. The van der Waals surface area contributed by atoms with Gasteiger partial charge in [-0.3, -0.25) is 4.79 Å². The van der Waals surface area contributed by atoms with E-state index < -0.39 is 0 Å². The maximum absolute atomic E-state index is 12.6. The van der Waals surface area contributed by atoms with Crippen LogP contribution in [0.4, 0.5) is 0 Å². The second-order valence-corrected chi connectivity index (χ2v) is 5.85. The quantitative estimate of drug-likeness (QED) is 0.634. The summed E-state index contributed by atoms with van der Waals surface area (Å²) in [6.07, 6.45) is 1.38. The number of hydrogen-bond donors (Lipinski definition) is 1. The first-order valence-corrected chi connectivity index (χ1v) is 7.39. The average Bonchev–Trinajstić information content (AvgIpc) is 2.53. The molecule has 1 fully saturated rings. The van der Waals surface area contributed by atoms with Gasteiger partial charge in [-0.15, -0.1) is 0 Å². The van der Waals surface area contributed by atoms with Gasteiger partial charge in [-0.05, 0) is 18.1 Å². The number of carbonyl (C=O) groups excluding carboxylic acids is 1. The van der Waals surface area contributed by atoms with Crippen molar-refractivity contribution in [2.24, 2.45) is 17.0 Å². The van der Waals surface area contributed by atoms with Crippen molar-refractivity contribution < 1.29 is 14.7 Å². The molecule has 0 saturated carbocycles. The molecule has 112 valence electrons. The van der Waals surface area contributed by atoms with Crippen LogP contribution in [-0.4, -0.2) is 41.4 Å². The lowest BCUT2D eigenvalue weighted by molar-refractivity contribution is -0.137. The molecule has 2 atom stereocenters. The van der Waals surface area contributed by atoms with E-state index in [9.17, 15) is 4.79 Å². The van der Waals surface area contributed by atoms with Gasteiger partial charge in [-0.1, -0.05) is 30.3 Å². The fourth-order valence-corrected chi connectivity index (χ4v) is 3.12. The molecule has 2 unspecified atom stereocenters. The van der Waals surface area contributed by atoms with Crippen LogP contribution in [0.3, 0.4) is 0 Å². The van der Waals surface area contributed by atoms with Crippen LogP contribution in [0.1, 0.15) is 18.9 Å². The Morgan fingerprint density at radius 2 is 2.24 bits per heavy atom. The van der Waals surface area contributed by atoms with Crippen LogP contribution in [0.15, 0.2) is 29.4 Å². The highest BCUT2D eigenvalue weighted by Crippen LogP contribution is 2.28. The maximum Gasteiger partial charge on any atom is 0.229 e. The lowest BCUT2D eigenvalue weighted by Crippen LogP contribution is -2.47. The number of oxime groups is 1. The van der Waals surface area contributed by atoms with Gasteiger partial charge in [0.25, 0.3) is 0 Å². The number of fused-ring (bicyclic) bond motifs is 1. The highest BCUT2D eigenvalue weighted by molar-refractivity contribution is 5.89. The summed E-state index contributed by atoms with van der Waals surface area (Å²) in [5, 5.41) is 12.2. The van der Waals surface area contributed by atoms with Gasteiger partial charge in [0, 0.05) is 25.4 Å². The molecule has 5 nitrogen and oxygen atoms in total. The molecule has 2 aliphatic heterocycles. The molecule has 2 heterocycles. The van der Waals surface area contributed by atoms with Crippen molar-refractivity contribution in [3.63, 3.8) is 0 Å². The zero-order valence-electron chi connectivity index (χ0n) is 12.2. The van der Waals surface area contributed by atoms with Crippen molar-refractivity contribution in [2.75, 3.05) is 19.7 Å². The summed E-state index contributed by atoms with van der Waals surface area (Å²) in [4.78, 5) is 14.5. The van der Waals surface area contributed by atoms with Crippen molar-refractivity contribution in [3.8, 4) is 5.75 Å². The second-order valence-electron chi connectivity index (χ2n) is 5.85. The summed E-state index contributed by atoms with van der Waals surface area (Å²) in [5.41, 5.74) is 1.88. The molecule has 1 N–H and O–H groups in total. The third kappa shape index (κ3) is 2.73. The van der Waals surface area contributed by atoms with Crippen molar-refractivity contribution >= 4 is 11.6 Å². The fraction of sp³-hybridized carbons (Fsp3) is 0.500. The van der Waals surface area contributed by atoms with Crippen molar-refractivity contribution in [1.82, 2.24) is 4.90 Å². The smallest absolute Gasteiger partial charge is 0.229 e. The minimum atomic E-state index is -0.111. The van der Waals surface area contributed by atoms with E-state index in [0.29, 0.717) is 26.1 Å². The lowest BCUT2D eigenvalue weighted by Gasteiger charge is -2.35. The molecule has 2 aliphatic rings. The second kappa shape index (κ2) is 5.76. The summed E-state index contributed by atoms with van der Waals surface area (Å²) >= 11 is 0. The standard InChI is InChI=1S/C16H20N2O3/c1-11-9-18(7-6-14(11)17-20)16(19)13-8-12-4-2-3-5-15(12)21-10-13/h2-5,11,13,20H,6-10H2,1H3/b17-14+. The Labute approximate surface area is 124 Å². The Morgan fingerprint density at radius 3 is 3.00 bits per heavy atom. The molecule has 1 aromatic carbocycles. The summed E-state index contributed by atoms with van der Waals surface area (Å²) in [6.45, 7) is 3.68. The van der Waals surface area contributed by atoms with Gasteiger partial charge in [0.1, 0.15) is 12.4 Å². The Morgan fingerprint density at radius 1 is 1.43 bits per heavy atom. The van der Waals surface area contributed by atoms with E-state index in [2.05, 4.69) is 5.16 Å². The first-order chi connectivity index (χ1) is 10.2. The molecular formula is C16H20N2O3. The molecule has 0 spiro atoms. The molecular weight excluding hydrogens is 268 g/mol. The van der Waals surface area contributed by atoms with Crippen LogP contribution >= 0.6 is 0 Å². The minimum absolute atomic E-state index is 0.111. The van der Waals surface area contributed by atoms with Crippen LogP contribution in [-0.2, 0) is 11.2 Å². The van der Waals surface area contributed by atoms with Crippen molar-refractivity contribution in [2.45, 2.75) is 19.8 Å². The van der Waals surface area contributed by atoms with Gasteiger partial charge < -0.3 is 14.8 Å². The third-order valence-corrected chi connectivity index (χ3v) is 4.37. The highest BCUT2D eigenvalue weighted by atomic mass is 16.5. The highest BCUT2D eigenvalue weighted by Gasteiger charge is 2.32.